The largest absolute Gasteiger partial charge is 0.363 e. The molecule has 0 aromatic carbocycles. The van der Waals surface area contributed by atoms with E-state index < -0.39 is 10.0 Å². The highest BCUT2D eigenvalue weighted by atomic mass is 32.2. The molecule has 86 valence electrons. The summed E-state index contributed by atoms with van der Waals surface area (Å²) >= 11 is 0. The minimum atomic E-state index is -3.38. The summed E-state index contributed by atoms with van der Waals surface area (Å²) in [6.45, 7) is 3.96. The molecule has 15 heavy (non-hydrogen) atoms. The Kier molecular flexibility index (Phi) is 3.54. The van der Waals surface area contributed by atoms with Crippen LogP contribution in [0.3, 0.4) is 0 Å². The van der Waals surface area contributed by atoms with Crippen LogP contribution >= 0.6 is 0 Å². The van der Waals surface area contributed by atoms with Crippen molar-refractivity contribution >= 4 is 10.0 Å². The standard InChI is InChI=1S/C9H17N3O2S/c1-7(2)12(3)15(13,14)9-4-8(5-10)11-6-9/h4,6-7,11H,5,10H2,1-3H3. The summed E-state index contributed by atoms with van der Waals surface area (Å²) in [7, 11) is -1.82. The molecule has 0 unspecified atom stereocenters. The van der Waals surface area contributed by atoms with Gasteiger partial charge in [0.25, 0.3) is 0 Å². The van der Waals surface area contributed by atoms with Crippen molar-refractivity contribution in [1.29, 1.82) is 0 Å². The summed E-state index contributed by atoms with van der Waals surface area (Å²) in [5.41, 5.74) is 6.12. The Morgan fingerprint density at radius 2 is 2.13 bits per heavy atom. The molecule has 0 atom stereocenters. The molecule has 5 nitrogen and oxygen atoms in total. The highest BCUT2D eigenvalue weighted by molar-refractivity contribution is 7.89. The summed E-state index contributed by atoms with van der Waals surface area (Å²) < 4.78 is 25.3. The average Bonchev–Trinajstić information content (AvgIpc) is 2.65. The Hall–Kier alpha value is -0.850. The van der Waals surface area contributed by atoms with Crippen LogP contribution in [0.5, 0.6) is 0 Å². The molecular weight excluding hydrogens is 214 g/mol. The monoisotopic (exact) mass is 231 g/mol. The van der Waals surface area contributed by atoms with Crippen LogP contribution in [-0.2, 0) is 16.6 Å². The summed E-state index contributed by atoms with van der Waals surface area (Å²) in [5, 5.41) is 0. The van der Waals surface area contributed by atoms with Crippen molar-refractivity contribution in [1.82, 2.24) is 9.29 Å². The highest BCUT2D eigenvalue weighted by Gasteiger charge is 2.23. The molecule has 0 aliphatic rings. The SMILES string of the molecule is CC(C)N(C)S(=O)(=O)c1c[nH]c(CN)c1. The Morgan fingerprint density at radius 1 is 1.53 bits per heavy atom. The number of nitrogens with two attached hydrogens (primary N) is 1. The van der Waals surface area contributed by atoms with Gasteiger partial charge in [0.1, 0.15) is 0 Å². The van der Waals surface area contributed by atoms with E-state index in [4.69, 9.17) is 5.73 Å². The normalized spacial score (nSPS) is 12.7. The van der Waals surface area contributed by atoms with Crippen LogP contribution in [0.15, 0.2) is 17.2 Å². The van der Waals surface area contributed by atoms with Crippen LogP contribution < -0.4 is 5.73 Å². The maximum atomic E-state index is 12.0. The lowest BCUT2D eigenvalue weighted by Crippen LogP contribution is -2.32. The van der Waals surface area contributed by atoms with Gasteiger partial charge in [0, 0.05) is 31.5 Å². The van der Waals surface area contributed by atoms with Crippen LogP contribution in [0, 0.1) is 0 Å². The first-order valence-electron chi connectivity index (χ1n) is 4.75. The molecular formula is C9H17N3O2S. The van der Waals surface area contributed by atoms with E-state index >= 15 is 0 Å². The number of hydrogen-bond acceptors (Lipinski definition) is 3. The minimum Gasteiger partial charge on any atom is -0.363 e. The van der Waals surface area contributed by atoms with Crippen molar-refractivity contribution in [2.45, 2.75) is 31.3 Å². The van der Waals surface area contributed by atoms with Crippen LogP contribution in [0.4, 0.5) is 0 Å². The summed E-state index contributed by atoms with van der Waals surface area (Å²) in [5.74, 6) is 0. The Balaban J connectivity index is 3.06. The zero-order valence-electron chi connectivity index (χ0n) is 9.19. The zero-order valence-corrected chi connectivity index (χ0v) is 10.0. The van der Waals surface area contributed by atoms with Gasteiger partial charge in [0.15, 0.2) is 0 Å². The lowest BCUT2D eigenvalue weighted by atomic mass is 10.4. The van der Waals surface area contributed by atoms with Gasteiger partial charge in [-0.3, -0.25) is 0 Å². The first-order valence-corrected chi connectivity index (χ1v) is 6.19. The molecule has 0 bridgehead atoms. The van der Waals surface area contributed by atoms with Crippen LogP contribution in [0.2, 0.25) is 0 Å². The Labute approximate surface area is 90.3 Å². The molecule has 3 N–H and O–H groups in total. The second-order valence-corrected chi connectivity index (χ2v) is 5.68. The molecule has 0 aliphatic carbocycles. The van der Waals surface area contributed by atoms with Gasteiger partial charge in [-0.1, -0.05) is 0 Å². The van der Waals surface area contributed by atoms with Crippen molar-refractivity contribution in [3.05, 3.63) is 18.0 Å². The van der Waals surface area contributed by atoms with Crippen LogP contribution in [0.25, 0.3) is 0 Å². The predicted octanol–water partition coefficient (Wildman–Crippen LogP) is 0.502. The first kappa shape index (κ1) is 12.2. The van der Waals surface area contributed by atoms with Gasteiger partial charge in [-0.2, -0.15) is 4.31 Å². The van der Waals surface area contributed by atoms with Crippen molar-refractivity contribution in [3.8, 4) is 0 Å². The second-order valence-electron chi connectivity index (χ2n) is 3.68. The molecule has 0 saturated heterocycles. The topological polar surface area (TPSA) is 79.2 Å². The minimum absolute atomic E-state index is 0.0637. The van der Waals surface area contributed by atoms with E-state index in [1.165, 1.54) is 10.5 Å². The molecule has 0 radical (unpaired) electrons. The van der Waals surface area contributed by atoms with E-state index in [2.05, 4.69) is 4.98 Å². The van der Waals surface area contributed by atoms with E-state index in [9.17, 15) is 8.42 Å². The molecule has 1 heterocycles. The number of aromatic nitrogens is 1. The van der Waals surface area contributed by atoms with Crippen molar-refractivity contribution < 1.29 is 8.42 Å². The second kappa shape index (κ2) is 4.34. The van der Waals surface area contributed by atoms with Gasteiger partial charge < -0.3 is 10.7 Å². The third-order valence-corrected chi connectivity index (χ3v) is 4.35. The fourth-order valence-corrected chi connectivity index (χ4v) is 2.52. The summed E-state index contributed by atoms with van der Waals surface area (Å²) in [6.07, 6.45) is 1.47. The zero-order chi connectivity index (χ0) is 11.6. The highest BCUT2D eigenvalue weighted by Crippen LogP contribution is 2.17. The maximum Gasteiger partial charge on any atom is 0.244 e. The van der Waals surface area contributed by atoms with Gasteiger partial charge in [-0.25, -0.2) is 8.42 Å². The van der Waals surface area contributed by atoms with E-state index in [0.717, 1.165) is 0 Å². The predicted molar refractivity (Wildman–Crippen MR) is 58.8 cm³/mol. The van der Waals surface area contributed by atoms with Crippen LogP contribution in [-0.4, -0.2) is 30.8 Å². The molecule has 1 rings (SSSR count). The van der Waals surface area contributed by atoms with E-state index in [1.807, 2.05) is 13.8 Å². The number of nitrogens with zero attached hydrogens (tertiary/aromatic N) is 1. The third-order valence-electron chi connectivity index (χ3n) is 2.34. The number of aromatic amines is 1. The van der Waals surface area contributed by atoms with Gasteiger partial charge in [-0.05, 0) is 19.9 Å². The smallest absolute Gasteiger partial charge is 0.244 e. The van der Waals surface area contributed by atoms with Gasteiger partial charge >= 0.3 is 0 Å². The van der Waals surface area contributed by atoms with E-state index in [1.54, 1.807) is 13.1 Å². The molecule has 1 aromatic rings. The third kappa shape index (κ3) is 2.39. The van der Waals surface area contributed by atoms with Gasteiger partial charge in [-0.15, -0.1) is 0 Å². The maximum absolute atomic E-state index is 12.0. The Morgan fingerprint density at radius 3 is 2.53 bits per heavy atom. The van der Waals surface area contributed by atoms with Gasteiger partial charge in [0.05, 0.1) is 4.90 Å². The number of sulfonamides is 1. The summed E-state index contributed by atoms with van der Waals surface area (Å²) in [6, 6.07) is 1.50. The Bertz CT molecular complexity index is 422. The fourth-order valence-electron chi connectivity index (χ4n) is 1.13. The number of hydrogen-bond donors (Lipinski definition) is 2. The van der Waals surface area contributed by atoms with E-state index in [0.29, 0.717) is 12.2 Å². The molecule has 6 heteroatoms. The molecule has 0 amide bonds. The summed E-state index contributed by atoms with van der Waals surface area (Å²) in [4.78, 5) is 3.09. The molecule has 0 saturated carbocycles. The number of nitrogens with one attached hydrogen (secondary N) is 1. The number of H-pyrrole nitrogens is 1. The average molecular weight is 231 g/mol. The van der Waals surface area contributed by atoms with Crippen LogP contribution in [0.1, 0.15) is 19.5 Å². The fraction of sp³-hybridized carbons (Fsp3) is 0.556. The quantitative estimate of drug-likeness (QED) is 0.792. The molecule has 0 aliphatic heterocycles. The first-order chi connectivity index (χ1) is 6.89. The molecule has 0 fully saturated rings. The van der Waals surface area contributed by atoms with Crippen molar-refractivity contribution in [2.75, 3.05) is 7.05 Å². The molecule has 0 spiro atoms. The molecule has 1 aromatic heterocycles. The van der Waals surface area contributed by atoms with E-state index in [-0.39, 0.29) is 10.9 Å². The van der Waals surface area contributed by atoms with Gasteiger partial charge in [0.2, 0.25) is 10.0 Å². The van der Waals surface area contributed by atoms with Crippen molar-refractivity contribution in [3.63, 3.8) is 0 Å². The number of rotatable bonds is 4. The van der Waals surface area contributed by atoms with Crippen molar-refractivity contribution in [2.24, 2.45) is 5.73 Å². The lowest BCUT2D eigenvalue weighted by molar-refractivity contribution is 0.410. The lowest BCUT2D eigenvalue weighted by Gasteiger charge is -2.19.